The summed E-state index contributed by atoms with van der Waals surface area (Å²) in [6.07, 6.45) is 5.88. The quantitative estimate of drug-likeness (QED) is 0.642. The van der Waals surface area contributed by atoms with Crippen LogP contribution in [-0.4, -0.2) is 48.6 Å². The highest BCUT2D eigenvalue weighted by Crippen LogP contribution is 2.15. The van der Waals surface area contributed by atoms with Crippen molar-refractivity contribution in [3.63, 3.8) is 0 Å². The summed E-state index contributed by atoms with van der Waals surface area (Å²) in [5, 5.41) is 6.72. The molecule has 1 aliphatic heterocycles. The van der Waals surface area contributed by atoms with Gasteiger partial charge in [-0.3, -0.25) is 5.01 Å². The number of hydrogen-bond acceptors (Lipinski definition) is 5. The van der Waals surface area contributed by atoms with E-state index in [2.05, 4.69) is 56.6 Å². The van der Waals surface area contributed by atoms with Gasteiger partial charge in [-0.1, -0.05) is 18.2 Å². The Morgan fingerprint density at radius 3 is 2.45 bits per heavy atom. The summed E-state index contributed by atoms with van der Waals surface area (Å²) in [5.74, 6) is 1.05. The second kappa shape index (κ2) is 7.31. The fraction of sp³-hybridized carbons (Fsp3) is 0.294. The van der Waals surface area contributed by atoms with E-state index in [4.69, 9.17) is 0 Å². The van der Waals surface area contributed by atoms with Crippen LogP contribution in [0.4, 0.5) is 5.82 Å². The number of nitrogens with zero attached hydrogens (tertiary/aromatic N) is 4. The van der Waals surface area contributed by atoms with Gasteiger partial charge in [-0.05, 0) is 36.1 Å². The fourth-order valence-corrected chi connectivity index (χ4v) is 2.83. The van der Waals surface area contributed by atoms with Gasteiger partial charge < -0.3 is 4.90 Å². The highest BCUT2D eigenvalue weighted by molar-refractivity contribution is 7.98. The van der Waals surface area contributed by atoms with Crippen LogP contribution in [0.2, 0.25) is 0 Å². The van der Waals surface area contributed by atoms with Gasteiger partial charge in [0.25, 0.3) is 0 Å². The Labute approximate surface area is 135 Å². The van der Waals surface area contributed by atoms with Gasteiger partial charge in [0.1, 0.15) is 5.82 Å². The molecule has 22 heavy (non-hydrogen) atoms. The number of benzene rings is 1. The number of hydrazone groups is 1. The third-order valence-corrected chi connectivity index (χ3v) is 4.46. The van der Waals surface area contributed by atoms with E-state index in [1.807, 2.05) is 24.5 Å². The zero-order valence-electron chi connectivity index (χ0n) is 12.7. The average Bonchev–Trinajstić information content (AvgIpc) is 2.61. The third-order valence-electron chi connectivity index (χ3n) is 3.72. The maximum absolute atomic E-state index is 4.59. The lowest BCUT2D eigenvalue weighted by Crippen LogP contribution is -2.44. The number of piperazine rings is 1. The Balaban J connectivity index is 1.54. The summed E-state index contributed by atoms with van der Waals surface area (Å²) in [6.45, 7) is 3.77. The third kappa shape index (κ3) is 3.80. The number of aromatic nitrogens is 1. The molecule has 0 N–H and O–H groups in total. The molecule has 2 aromatic rings. The predicted octanol–water partition coefficient (Wildman–Crippen LogP) is 2.96. The van der Waals surface area contributed by atoms with Crippen LogP contribution >= 0.6 is 11.8 Å². The van der Waals surface area contributed by atoms with E-state index < -0.39 is 0 Å². The molecule has 0 bridgehead atoms. The van der Waals surface area contributed by atoms with Crippen molar-refractivity contribution in [2.45, 2.75) is 4.90 Å². The van der Waals surface area contributed by atoms with Crippen LogP contribution < -0.4 is 4.90 Å². The highest BCUT2D eigenvalue weighted by Gasteiger charge is 2.15. The molecule has 5 heteroatoms. The number of thioether (sulfide) groups is 1. The van der Waals surface area contributed by atoms with E-state index in [0.29, 0.717) is 0 Å². The molecule has 0 atom stereocenters. The molecular weight excluding hydrogens is 292 g/mol. The lowest BCUT2D eigenvalue weighted by molar-refractivity contribution is 0.271. The highest BCUT2D eigenvalue weighted by atomic mass is 32.2. The van der Waals surface area contributed by atoms with E-state index in [1.165, 1.54) is 4.90 Å². The summed E-state index contributed by atoms with van der Waals surface area (Å²) >= 11 is 1.76. The molecule has 1 saturated heterocycles. The first-order chi connectivity index (χ1) is 10.8. The fourth-order valence-electron chi connectivity index (χ4n) is 2.42. The maximum atomic E-state index is 4.59. The first-order valence-corrected chi connectivity index (χ1v) is 8.66. The van der Waals surface area contributed by atoms with E-state index in [9.17, 15) is 0 Å². The minimum absolute atomic E-state index is 0.927. The van der Waals surface area contributed by atoms with Crippen molar-refractivity contribution in [3.05, 3.63) is 54.2 Å². The van der Waals surface area contributed by atoms with E-state index >= 15 is 0 Å². The largest absolute Gasteiger partial charge is 0.353 e. The van der Waals surface area contributed by atoms with Crippen LogP contribution in [0, 0.1) is 0 Å². The van der Waals surface area contributed by atoms with Crippen molar-refractivity contribution >= 4 is 23.8 Å². The molecule has 0 amide bonds. The first kappa shape index (κ1) is 14.9. The zero-order valence-corrected chi connectivity index (χ0v) is 13.5. The summed E-state index contributed by atoms with van der Waals surface area (Å²) in [5.41, 5.74) is 1.14. The van der Waals surface area contributed by atoms with Gasteiger partial charge in [0.2, 0.25) is 0 Å². The van der Waals surface area contributed by atoms with E-state index in [-0.39, 0.29) is 0 Å². The van der Waals surface area contributed by atoms with Gasteiger partial charge in [0.05, 0.1) is 19.3 Å². The van der Waals surface area contributed by atoms with Crippen LogP contribution in [0.3, 0.4) is 0 Å². The molecule has 1 aromatic carbocycles. The summed E-state index contributed by atoms with van der Waals surface area (Å²) in [4.78, 5) is 7.99. The topological polar surface area (TPSA) is 31.7 Å². The molecule has 0 aliphatic carbocycles. The molecule has 1 fully saturated rings. The molecule has 3 rings (SSSR count). The van der Waals surface area contributed by atoms with E-state index in [1.54, 1.807) is 11.8 Å². The molecular formula is C17H20N4S. The summed E-state index contributed by atoms with van der Waals surface area (Å²) in [7, 11) is 0. The molecule has 114 valence electrons. The van der Waals surface area contributed by atoms with Crippen molar-refractivity contribution in [2.24, 2.45) is 5.10 Å². The number of hydrogen-bond donors (Lipinski definition) is 0. The predicted molar refractivity (Wildman–Crippen MR) is 93.8 cm³/mol. The molecule has 0 unspecified atom stereocenters. The molecule has 2 heterocycles. The lowest BCUT2D eigenvalue weighted by Gasteiger charge is -2.33. The Kier molecular flexibility index (Phi) is 4.96. The molecule has 0 spiro atoms. The van der Waals surface area contributed by atoms with Crippen molar-refractivity contribution in [2.75, 3.05) is 37.3 Å². The first-order valence-electron chi connectivity index (χ1n) is 7.44. The Hall–Kier alpha value is -2.01. The Morgan fingerprint density at radius 1 is 1.05 bits per heavy atom. The summed E-state index contributed by atoms with van der Waals surface area (Å²) < 4.78 is 0. The normalized spacial score (nSPS) is 15.5. The van der Waals surface area contributed by atoms with Gasteiger partial charge in [0.15, 0.2) is 0 Å². The second-order valence-electron chi connectivity index (χ2n) is 5.15. The van der Waals surface area contributed by atoms with Crippen LogP contribution in [0.15, 0.2) is 58.7 Å². The monoisotopic (exact) mass is 312 g/mol. The van der Waals surface area contributed by atoms with Gasteiger partial charge in [-0.2, -0.15) is 5.10 Å². The smallest absolute Gasteiger partial charge is 0.128 e. The molecule has 1 aliphatic rings. The van der Waals surface area contributed by atoms with Crippen LogP contribution in [0.25, 0.3) is 0 Å². The van der Waals surface area contributed by atoms with Gasteiger partial charge in [-0.25, -0.2) is 4.98 Å². The van der Waals surface area contributed by atoms with Crippen molar-refractivity contribution in [1.29, 1.82) is 0 Å². The molecule has 4 nitrogen and oxygen atoms in total. The number of anilines is 1. The lowest BCUT2D eigenvalue weighted by atomic mass is 10.2. The van der Waals surface area contributed by atoms with Gasteiger partial charge >= 0.3 is 0 Å². The van der Waals surface area contributed by atoms with Gasteiger partial charge in [-0.15, -0.1) is 11.8 Å². The number of rotatable bonds is 4. The van der Waals surface area contributed by atoms with Crippen LogP contribution in [-0.2, 0) is 0 Å². The molecule has 0 saturated carbocycles. The molecule has 1 aromatic heterocycles. The standard InChI is InChI=1S/C17H20N4S/c1-22-16-7-5-15(6-8-16)14-19-21-12-10-20(11-13-21)17-4-2-3-9-18-17/h2-9,14H,10-13H2,1H3. The Morgan fingerprint density at radius 2 is 1.82 bits per heavy atom. The molecule has 0 radical (unpaired) electrons. The SMILES string of the molecule is CSc1ccc(C=NN2CCN(c3ccccn3)CC2)cc1. The van der Waals surface area contributed by atoms with Crippen molar-refractivity contribution in [1.82, 2.24) is 9.99 Å². The Bertz CT molecular complexity index is 604. The van der Waals surface area contributed by atoms with Crippen LogP contribution in [0.5, 0.6) is 0 Å². The van der Waals surface area contributed by atoms with Gasteiger partial charge in [0, 0.05) is 24.2 Å². The number of pyridine rings is 1. The summed E-state index contributed by atoms with van der Waals surface area (Å²) in [6, 6.07) is 14.5. The second-order valence-corrected chi connectivity index (χ2v) is 6.03. The van der Waals surface area contributed by atoms with Crippen molar-refractivity contribution in [3.8, 4) is 0 Å². The minimum Gasteiger partial charge on any atom is -0.353 e. The van der Waals surface area contributed by atoms with Crippen LogP contribution in [0.1, 0.15) is 5.56 Å². The minimum atomic E-state index is 0.927. The van der Waals surface area contributed by atoms with Crippen molar-refractivity contribution < 1.29 is 0 Å². The van der Waals surface area contributed by atoms with E-state index in [0.717, 1.165) is 37.6 Å². The zero-order chi connectivity index (χ0) is 15.2. The maximum Gasteiger partial charge on any atom is 0.128 e. The average molecular weight is 312 g/mol.